The molecule has 2 aromatic carbocycles. The number of carbonyl (C=O) groups excluding carboxylic acids is 2. The lowest BCUT2D eigenvalue weighted by Crippen LogP contribution is -2.25. The Morgan fingerprint density at radius 3 is 2.44 bits per heavy atom. The molecule has 4 aromatic rings. The highest BCUT2D eigenvalue weighted by atomic mass is 35.5. The number of nitrogens with one attached hydrogen (secondary N) is 2. The summed E-state index contributed by atoms with van der Waals surface area (Å²) < 4.78 is 14.7. The highest BCUT2D eigenvalue weighted by molar-refractivity contribution is 6.30. The predicted molar refractivity (Wildman–Crippen MR) is 122 cm³/mol. The first-order chi connectivity index (χ1) is 15.4. The summed E-state index contributed by atoms with van der Waals surface area (Å²) in [5.41, 5.74) is 3.60. The van der Waals surface area contributed by atoms with Crippen molar-refractivity contribution in [1.29, 1.82) is 0 Å². The van der Waals surface area contributed by atoms with Crippen LogP contribution in [0.1, 0.15) is 39.0 Å². The number of halogens is 2. The third kappa shape index (κ3) is 4.63. The first-order valence-corrected chi connectivity index (χ1v) is 10.4. The van der Waals surface area contributed by atoms with Crippen LogP contribution in [0.25, 0.3) is 5.65 Å². The number of aromatic nitrogens is 2. The van der Waals surface area contributed by atoms with E-state index in [1.54, 1.807) is 47.0 Å². The van der Waals surface area contributed by atoms with Gasteiger partial charge in [0.1, 0.15) is 17.2 Å². The second-order valence-electron chi connectivity index (χ2n) is 7.17. The lowest BCUT2D eigenvalue weighted by atomic mass is 10.1. The molecule has 6 nitrogen and oxygen atoms in total. The third-order valence-corrected chi connectivity index (χ3v) is 5.22. The summed E-state index contributed by atoms with van der Waals surface area (Å²) >= 11 is 6.03. The van der Waals surface area contributed by atoms with Gasteiger partial charge in [0.15, 0.2) is 0 Å². The van der Waals surface area contributed by atoms with Crippen molar-refractivity contribution in [3.8, 4) is 0 Å². The molecule has 0 atom stereocenters. The number of hydrogen-bond acceptors (Lipinski definition) is 3. The van der Waals surface area contributed by atoms with Crippen LogP contribution >= 0.6 is 11.6 Å². The molecule has 4 rings (SSSR count). The minimum atomic E-state index is -0.367. The van der Waals surface area contributed by atoms with Gasteiger partial charge < -0.3 is 10.6 Å². The fourth-order valence-electron chi connectivity index (χ4n) is 3.33. The van der Waals surface area contributed by atoms with Crippen LogP contribution in [-0.2, 0) is 13.0 Å². The summed E-state index contributed by atoms with van der Waals surface area (Å²) in [4.78, 5) is 29.7. The van der Waals surface area contributed by atoms with Gasteiger partial charge in [0.05, 0.1) is 5.69 Å². The smallest absolute Gasteiger partial charge is 0.270 e. The number of nitrogens with zero attached hydrogens (tertiary/aromatic N) is 2. The van der Waals surface area contributed by atoms with E-state index in [0.29, 0.717) is 46.3 Å². The fourth-order valence-corrected chi connectivity index (χ4v) is 3.49. The van der Waals surface area contributed by atoms with Gasteiger partial charge in [0.25, 0.3) is 11.8 Å². The van der Waals surface area contributed by atoms with Crippen molar-refractivity contribution in [2.24, 2.45) is 0 Å². The molecule has 0 aliphatic heterocycles. The first-order valence-electron chi connectivity index (χ1n) is 10.0. The van der Waals surface area contributed by atoms with Crippen LogP contribution in [0, 0.1) is 5.82 Å². The molecule has 0 unspecified atom stereocenters. The zero-order chi connectivity index (χ0) is 22.7. The van der Waals surface area contributed by atoms with Crippen LogP contribution in [0.2, 0.25) is 5.02 Å². The van der Waals surface area contributed by atoms with Crippen LogP contribution in [0.15, 0.2) is 66.9 Å². The normalized spacial score (nSPS) is 10.8. The molecule has 0 aliphatic rings. The minimum Gasteiger partial charge on any atom is -0.347 e. The van der Waals surface area contributed by atoms with Crippen LogP contribution in [-0.4, -0.2) is 21.2 Å². The van der Waals surface area contributed by atoms with Gasteiger partial charge in [-0.1, -0.05) is 30.7 Å². The van der Waals surface area contributed by atoms with Crippen LogP contribution in [0.4, 0.5) is 10.1 Å². The largest absolute Gasteiger partial charge is 0.347 e. The molecule has 2 N–H and O–H groups in total. The second kappa shape index (κ2) is 9.20. The first kappa shape index (κ1) is 21.5. The van der Waals surface area contributed by atoms with Crippen LogP contribution < -0.4 is 10.6 Å². The summed E-state index contributed by atoms with van der Waals surface area (Å²) in [6.45, 7) is 2.23. The summed E-state index contributed by atoms with van der Waals surface area (Å²) in [5.74, 6) is -0.910. The Morgan fingerprint density at radius 1 is 1.03 bits per heavy atom. The molecule has 8 heteroatoms. The monoisotopic (exact) mass is 450 g/mol. The number of hydrogen-bond donors (Lipinski definition) is 2. The molecule has 2 amide bonds. The number of imidazole rings is 1. The molecule has 0 radical (unpaired) electrons. The number of anilines is 1. The standard InChI is InChI=1S/C24H20ClFN4O2/c1-2-20-22(30-12-11-17(25)13-21(30)29-20)24(32)27-14-15-3-5-16(6-4-15)23(31)28-19-9-7-18(26)8-10-19/h3-13H,2,14H2,1H3,(H,27,32)(H,28,31). The van der Waals surface area contributed by atoms with Gasteiger partial charge in [-0.15, -0.1) is 0 Å². The van der Waals surface area contributed by atoms with E-state index in [4.69, 9.17) is 11.6 Å². The molecule has 0 bridgehead atoms. The molecular weight excluding hydrogens is 431 g/mol. The van der Waals surface area contributed by atoms with E-state index in [2.05, 4.69) is 15.6 Å². The van der Waals surface area contributed by atoms with Gasteiger partial charge >= 0.3 is 0 Å². The molecule has 162 valence electrons. The van der Waals surface area contributed by atoms with E-state index < -0.39 is 0 Å². The Kier molecular flexibility index (Phi) is 6.18. The highest BCUT2D eigenvalue weighted by Crippen LogP contribution is 2.18. The Bertz CT molecular complexity index is 1280. The van der Waals surface area contributed by atoms with Gasteiger partial charge in [0.2, 0.25) is 0 Å². The van der Waals surface area contributed by atoms with E-state index in [0.717, 1.165) is 5.56 Å². The zero-order valence-corrected chi connectivity index (χ0v) is 18.0. The lowest BCUT2D eigenvalue weighted by molar-refractivity contribution is 0.0943. The third-order valence-electron chi connectivity index (χ3n) is 4.98. The molecule has 0 saturated carbocycles. The van der Waals surface area contributed by atoms with Gasteiger partial charge in [-0.3, -0.25) is 14.0 Å². The number of fused-ring (bicyclic) bond motifs is 1. The van der Waals surface area contributed by atoms with E-state index in [1.165, 1.54) is 24.3 Å². The van der Waals surface area contributed by atoms with Crippen molar-refractivity contribution in [2.45, 2.75) is 19.9 Å². The van der Waals surface area contributed by atoms with Gasteiger partial charge in [-0.25, -0.2) is 9.37 Å². The molecule has 0 fully saturated rings. The number of benzene rings is 2. The molecule has 32 heavy (non-hydrogen) atoms. The Hall–Kier alpha value is -3.71. The molecule has 0 spiro atoms. The van der Waals surface area contributed by atoms with Crippen LogP contribution in [0.5, 0.6) is 0 Å². The summed E-state index contributed by atoms with van der Waals surface area (Å²) in [6, 6.07) is 15.9. The van der Waals surface area contributed by atoms with Crippen molar-refractivity contribution in [3.05, 3.63) is 100 Å². The summed E-state index contributed by atoms with van der Waals surface area (Å²) in [6.07, 6.45) is 2.34. The van der Waals surface area contributed by atoms with E-state index >= 15 is 0 Å². The molecule has 0 aliphatic carbocycles. The SMILES string of the molecule is CCc1nc2cc(Cl)ccn2c1C(=O)NCc1ccc(C(=O)Nc2ccc(F)cc2)cc1. The van der Waals surface area contributed by atoms with Crippen molar-refractivity contribution in [2.75, 3.05) is 5.32 Å². The number of amides is 2. The van der Waals surface area contributed by atoms with Gasteiger partial charge in [0, 0.05) is 35.1 Å². The second-order valence-corrected chi connectivity index (χ2v) is 7.61. The van der Waals surface area contributed by atoms with Gasteiger partial charge in [-0.05, 0) is 54.4 Å². The Morgan fingerprint density at radius 2 is 1.75 bits per heavy atom. The maximum Gasteiger partial charge on any atom is 0.270 e. The average Bonchev–Trinajstić information content (AvgIpc) is 3.17. The Balaban J connectivity index is 1.42. The molecule has 2 aromatic heterocycles. The average molecular weight is 451 g/mol. The maximum absolute atomic E-state index is 13.0. The number of carbonyl (C=O) groups is 2. The zero-order valence-electron chi connectivity index (χ0n) is 17.2. The maximum atomic E-state index is 13.0. The van der Waals surface area contributed by atoms with Gasteiger partial charge in [-0.2, -0.15) is 0 Å². The van der Waals surface area contributed by atoms with E-state index in [1.807, 2.05) is 6.92 Å². The molecule has 0 saturated heterocycles. The predicted octanol–water partition coefficient (Wildman–Crippen LogP) is 4.87. The van der Waals surface area contributed by atoms with Crippen molar-refractivity contribution >= 4 is 34.7 Å². The van der Waals surface area contributed by atoms with Crippen molar-refractivity contribution < 1.29 is 14.0 Å². The van der Waals surface area contributed by atoms with E-state index in [9.17, 15) is 14.0 Å². The summed E-state index contributed by atoms with van der Waals surface area (Å²) in [5, 5.41) is 6.18. The number of pyridine rings is 1. The number of rotatable bonds is 6. The topological polar surface area (TPSA) is 75.5 Å². The van der Waals surface area contributed by atoms with Crippen molar-refractivity contribution in [1.82, 2.24) is 14.7 Å². The van der Waals surface area contributed by atoms with Crippen LogP contribution in [0.3, 0.4) is 0 Å². The fraction of sp³-hybridized carbons (Fsp3) is 0.125. The molecular formula is C24H20ClFN4O2. The number of aryl methyl sites for hydroxylation is 1. The lowest BCUT2D eigenvalue weighted by Gasteiger charge is -2.08. The minimum absolute atomic E-state index is 0.241. The Labute approximate surface area is 189 Å². The van der Waals surface area contributed by atoms with Crippen molar-refractivity contribution in [3.63, 3.8) is 0 Å². The van der Waals surface area contributed by atoms with E-state index in [-0.39, 0.29) is 17.6 Å². The quantitative estimate of drug-likeness (QED) is 0.440. The molecule has 2 heterocycles. The highest BCUT2D eigenvalue weighted by Gasteiger charge is 2.18. The summed E-state index contributed by atoms with van der Waals surface area (Å²) in [7, 11) is 0.